The van der Waals surface area contributed by atoms with Gasteiger partial charge < -0.3 is 9.72 Å². The molecule has 0 saturated heterocycles. The minimum absolute atomic E-state index is 0.278. The largest absolute Gasteiger partial charge is 0.457 e. The van der Waals surface area contributed by atoms with Crippen molar-refractivity contribution in [2.24, 2.45) is 0 Å². The second kappa shape index (κ2) is 4.92. The minimum atomic E-state index is -0.466. The molecule has 0 aliphatic rings. The normalized spacial score (nSPS) is 12.7. The highest BCUT2D eigenvalue weighted by atomic mass is 16.6. The lowest BCUT2D eigenvalue weighted by Crippen LogP contribution is -2.24. The molecule has 1 aromatic carbocycles. The van der Waals surface area contributed by atoms with Crippen LogP contribution in [0.1, 0.15) is 33.3 Å². The van der Waals surface area contributed by atoms with Gasteiger partial charge in [-0.15, -0.1) is 0 Å². The lowest BCUT2D eigenvalue weighted by Gasteiger charge is -2.19. The average Bonchev–Trinajstić information content (AvgIpc) is 2.75. The molecule has 0 fully saturated rings. The zero-order valence-electron chi connectivity index (χ0n) is 11.8. The Morgan fingerprint density at radius 3 is 2.68 bits per heavy atom. The third kappa shape index (κ3) is 3.25. The number of ether oxygens (including phenoxy) is 1. The Morgan fingerprint density at radius 1 is 1.26 bits per heavy atom. The first-order chi connectivity index (χ1) is 8.87. The fourth-order valence-corrected chi connectivity index (χ4v) is 1.89. The Hall–Kier alpha value is -2.03. The third-order valence-electron chi connectivity index (χ3n) is 2.72. The zero-order valence-corrected chi connectivity index (χ0v) is 11.8. The summed E-state index contributed by atoms with van der Waals surface area (Å²) in [6.07, 6.45) is 3.76. The van der Waals surface area contributed by atoms with Crippen LogP contribution in [0.25, 0.3) is 17.0 Å². The van der Waals surface area contributed by atoms with Gasteiger partial charge in [0.2, 0.25) is 0 Å². The van der Waals surface area contributed by atoms with E-state index in [0.717, 1.165) is 16.5 Å². The Bertz CT molecular complexity index is 629. The molecule has 1 N–H and O–H groups in total. The lowest BCUT2D eigenvalue weighted by molar-refractivity contribution is -0.149. The minimum Gasteiger partial charge on any atom is -0.457 e. The van der Waals surface area contributed by atoms with E-state index in [9.17, 15) is 4.79 Å². The van der Waals surface area contributed by atoms with Gasteiger partial charge in [0.05, 0.1) is 0 Å². The van der Waals surface area contributed by atoms with Crippen LogP contribution in [0.3, 0.4) is 0 Å². The Morgan fingerprint density at radius 2 is 2.00 bits per heavy atom. The summed E-state index contributed by atoms with van der Waals surface area (Å²) in [4.78, 5) is 15.1. The van der Waals surface area contributed by atoms with Crippen LogP contribution in [0.5, 0.6) is 0 Å². The quantitative estimate of drug-likeness (QED) is 0.654. The summed E-state index contributed by atoms with van der Waals surface area (Å²) in [5.41, 5.74) is 2.21. The first-order valence-corrected chi connectivity index (χ1v) is 6.34. The average molecular weight is 257 g/mol. The Balaban J connectivity index is 2.30. The molecule has 19 heavy (non-hydrogen) atoms. The van der Waals surface area contributed by atoms with E-state index in [1.54, 1.807) is 6.92 Å². The van der Waals surface area contributed by atoms with Crippen LogP contribution in [-0.2, 0) is 9.53 Å². The van der Waals surface area contributed by atoms with Gasteiger partial charge in [-0.1, -0.05) is 12.1 Å². The fourth-order valence-electron chi connectivity index (χ4n) is 1.89. The van der Waals surface area contributed by atoms with Crippen LogP contribution in [-0.4, -0.2) is 16.6 Å². The summed E-state index contributed by atoms with van der Waals surface area (Å²) in [6.45, 7) is 7.38. The highest BCUT2D eigenvalue weighted by Crippen LogP contribution is 2.21. The van der Waals surface area contributed by atoms with Crippen LogP contribution in [0.2, 0.25) is 0 Å². The van der Waals surface area contributed by atoms with E-state index in [0.29, 0.717) is 5.57 Å². The van der Waals surface area contributed by atoms with E-state index in [2.05, 4.69) is 4.98 Å². The van der Waals surface area contributed by atoms with Crippen molar-refractivity contribution in [2.45, 2.75) is 33.3 Å². The second-order valence-corrected chi connectivity index (χ2v) is 5.62. The van der Waals surface area contributed by atoms with Crippen LogP contribution < -0.4 is 0 Å². The molecule has 3 heteroatoms. The van der Waals surface area contributed by atoms with Crippen molar-refractivity contribution >= 4 is 22.9 Å². The number of carbonyl (C=O) groups is 1. The second-order valence-electron chi connectivity index (χ2n) is 5.62. The predicted octanol–water partition coefficient (Wildman–Crippen LogP) is 3.91. The van der Waals surface area contributed by atoms with Crippen molar-refractivity contribution in [3.8, 4) is 0 Å². The van der Waals surface area contributed by atoms with E-state index in [1.165, 1.54) is 0 Å². The topological polar surface area (TPSA) is 42.1 Å². The fraction of sp³-hybridized carbons (Fsp3) is 0.312. The molecule has 0 bridgehead atoms. The van der Waals surface area contributed by atoms with Crippen molar-refractivity contribution < 1.29 is 9.53 Å². The maximum Gasteiger partial charge on any atom is 0.334 e. The van der Waals surface area contributed by atoms with Crippen LogP contribution >= 0.6 is 0 Å². The number of H-pyrrole nitrogens is 1. The van der Waals surface area contributed by atoms with Crippen molar-refractivity contribution in [1.82, 2.24) is 4.98 Å². The van der Waals surface area contributed by atoms with Gasteiger partial charge in [-0.3, -0.25) is 0 Å². The van der Waals surface area contributed by atoms with Gasteiger partial charge in [-0.25, -0.2) is 4.79 Å². The highest BCUT2D eigenvalue weighted by Gasteiger charge is 2.17. The van der Waals surface area contributed by atoms with Gasteiger partial charge in [-0.05, 0) is 51.5 Å². The molecule has 0 spiro atoms. The van der Waals surface area contributed by atoms with Gasteiger partial charge in [0.25, 0.3) is 0 Å². The SMILES string of the molecule is C/C(=C\c1cccc2[nH]ccc12)C(=O)OC(C)(C)C. The summed E-state index contributed by atoms with van der Waals surface area (Å²) >= 11 is 0. The van der Waals surface area contributed by atoms with Crippen LogP contribution in [0.4, 0.5) is 0 Å². The highest BCUT2D eigenvalue weighted by molar-refractivity contribution is 5.97. The number of rotatable bonds is 2. The van der Waals surface area contributed by atoms with E-state index in [1.807, 2.05) is 57.3 Å². The molecular formula is C16H19NO2. The molecular weight excluding hydrogens is 238 g/mol. The monoisotopic (exact) mass is 257 g/mol. The number of nitrogens with one attached hydrogen (secondary N) is 1. The molecule has 1 aromatic heterocycles. The summed E-state index contributed by atoms with van der Waals surface area (Å²) < 4.78 is 5.35. The first kappa shape index (κ1) is 13.4. The van der Waals surface area contributed by atoms with Crippen molar-refractivity contribution in [3.63, 3.8) is 0 Å². The van der Waals surface area contributed by atoms with Crippen LogP contribution in [0.15, 0.2) is 36.0 Å². The van der Waals surface area contributed by atoms with Gasteiger partial charge in [0.1, 0.15) is 5.60 Å². The van der Waals surface area contributed by atoms with Gasteiger partial charge in [0, 0.05) is 22.7 Å². The molecule has 100 valence electrons. The number of hydrogen-bond acceptors (Lipinski definition) is 2. The molecule has 2 aromatic rings. The number of aromatic nitrogens is 1. The molecule has 1 heterocycles. The molecule has 0 saturated carbocycles. The molecule has 0 radical (unpaired) electrons. The lowest BCUT2D eigenvalue weighted by atomic mass is 10.1. The zero-order chi connectivity index (χ0) is 14.0. The number of benzene rings is 1. The number of esters is 1. The molecule has 0 amide bonds. The molecule has 0 unspecified atom stereocenters. The Kier molecular flexibility index (Phi) is 3.47. The maximum absolute atomic E-state index is 11.9. The molecule has 0 aliphatic carbocycles. The van der Waals surface area contributed by atoms with E-state index < -0.39 is 5.60 Å². The number of carbonyl (C=O) groups excluding carboxylic acids is 1. The number of fused-ring (bicyclic) bond motifs is 1. The summed E-state index contributed by atoms with van der Waals surface area (Å²) in [5, 5.41) is 1.10. The van der Waals surface area contributed by atoms with Crippen molar-refractivity contribution in [2.75, 3.05) is 0 Å². The molecule has 0 aliphatic heterocycles. The van der Waals surface area contributed by atoms with Crippen molar-refractivity contribution in [1.29, 1.82) is 0 Å². The first-order valence-electron chi connectivity index (χ1n) is 6.34. The van der Waals surface area contributed by atoms with Crippen LogP contribution in [0, 0.1) is 0 Å². The standard InChI is InChI=1S/C16H19NO2/c1-11(15(18)19-16(2,3)4)10-12-6-5-7-14-13(12)8-9-17-14/h5-10,17H,1-4H3/b11-10+. The van der Waals surface area contributed by atoms with E-state index in [4.69, 9.17) is 4.74 Å². The smallest absolute Gasteiger partial charge is 0.334 e. The molecule has 3 nitrogen and oxygen atoms in total. The maximum atomic E-state index is 11.9. The van der Waals surface area contributed by atoms with Crippen molar-refractivity contribution in [3.05, 3.63) is 41.6 Å². The summed E-state index contributed by atoms with van der Waals surface area (Å²) in [7, 11) is 0. The number of aromatic amines is 1. The predicted molar refractivity (Wildman–Crippen MR) is 77.8 cm³/mol. The Labute approximate surface area is 113 Å². The van der Waals surface area contributed by atoms with Gasteiger partial charge >= 0.3 is 5.97 Å². The summed E-state index contributed by atoms with van der Waals surface area (Å²) in [6, 6.07) is 7.97. The third-order valence-corrected chi connectivity index (χ3v) is 2.72. The molecule has 0 atom stereocenters. The van der Waals surface area contributed by atoms with Gasteiger partial charge in [-0.2, -0.15) is 0 Å². The van der Waals surface area contributed by atoms with E-state index in [-0.39, 0.29) is 5.97 Å². The van der Waals surface area contributed by atoms with Gasteiger partial charge in [0.15, 0.2) is 0 Å². The number of hydrogen-bond donors (Lipinski definition) is 1. The molecule has 2 rings (SSSR count). The summed E-state index contributed by atoms with van der Waals surface area (Å²) in [5.74, 6) is -0.278. The van der Waals surface area contributed by atoms with E-state index >= 15 is 0 Å².